The van der Waals surface area contributed by atoms with E-state index in [0.717, 1.165) is 10.9 Å². The van der Waals surface area contributed by atoms with Gasteiger partial charge in [-0.05, 0) is 5.15 Å². The highest BCUT2D eigenvalue weighted by molar-refractivity contribution is 8.02. The molecule has 0 aromatic heterocycles. The van der Waals surface area contributed by atoms with Crippen LogP contribution in [0.25, 0.3) is 0 Å². The van der Waals surface area contributed by atoms with Gasteiger partial charge in [0.2, 0.25) is 0 Å². The van der Waals surface area contributed by atoms with E-state index in [9.17, 15) is 4.79 Å². The third-order valence-corrected chi connectivity index (χ3v) is 2.55. The second-order valence-corrected chi connectivity index (χ2v) is 3.55. The molecule has 55 valence electrons. The Morgan fingerprint density at radius 3 is 3.10 bits per heavy atom. The van der Waals surface area contributed by atoms with Gasteiger partial charge >= 0.3 is 5.97 Å². The molecule has 1 aliphatic heterocycles. The van der Waals surface area contributed by atoms with Crippen LogP contribution in [0.2, 0.25) is 6.32 Å². The van der Waals surface area contributed by atoms with Gasteiger partial charge in [0.1, 0.15) is 7.28 Å². The first-order chi connectivity index (χ1) is 4.83. The van der Waals surface area contributed by atoms with Crippen LogP contribution < -0.4 is 0 Å². The molecule has 0 aliphatic carbocycles. The molecular formula is C6H10BO2S. The van der Waals surface area contributed by atoms with Gasteiger partial charge in [-0.15, -0.1) is 0 Å². The van der Waals surface area contributed by atoms with Crippen molar-refractivity contribution in [2.75, 3.05) is 12.9 Å². The van der Waals surface area contributed by atoms with Crippen LogP contribution in [0.1, 0.15) is 6.42 Å². The van der Waals surface area contributed by atoms with Crippen LogP contribution in [0, 0.1) is 0 Å². The molecule has 1 aliphatic rings. The SMILES string of the molecule is COC(=O)CCSC1[B]C1. The summed E-state index contributed by atoms with van der Waals surface area (Å²) >= 11 is 1.83. The van der Waals surface area contributed by atoms with E-state index < -0.39 is 0 Å². The van der Waals surface area contributed by atoms with E-state index in [0.29, 0.717) is 6.42 Å². The van der Waals surface area contributed by atoms with E-state index in [1.165, 1.54) is 13.4 Å². The second-order valence-electron chi connectivity index (χ2n) is 2.21. The summed E-state index contributed by atoms with van der Waals surface area (Å²) in [6.07, 6.45) is 1.76. The minimum absolute atomic E-state index is 0.104. The number of methoxy groups -OCH3 is 1. The number of esters is 1. The predicted octanol–water partition coefficient (Wildman–Crippen LogP) is 0.745. The fraction of sp³-hybridized carbons (Fsp3) is 0.833. The zero-order valence-corrected chi connectivity index (χ0v) is 6.82. The van der Waals surface area contributed by atoms with Gasteiger partial charge in [-0.3, -0.25) is 4.79 Å². The van der Waals surface area contributed by atoms with Gasteiger partial charge < -0.3 is 4.74 Å². The maximum absolute atomic E-state index is 10.6. The molecule has 0 saturated carbocycles. The highest BCUT2D eigenvalue weighted by Gasteiger charge is 2.23. The van der Waals surface area contributed by atoms with Crippen molar-refractivity contribution in [2.45, 2.75) is 17.9 Å². The summed E-state index contributed by atoms with van der Waals surface area (Å²) in [5.41, 5.74) is 0. The van der Waals surface area contributed by atoms with Crippen molar-refractivity contribution in [2.24, 2.45) is 0 Å². The molecule has 2 nitrogen and oxygen atoms in total. The summed E-state index contributed by atoms with van der Waals surface area (Å²) in [7, 11) is 3.66. The maximum atomic E-state index is 10.6. The molecule has 0 aromatic rings. The van der Waals surface area contributed by atoms with Crippen LogP contribution in [0.15, 0.2) is 0 Å². The van der Waals surface area contributed by atoms with Crippen molar-refractivity contribution in [3.05, 3.63) is 0 Å². The molecule has 1 heterocycles. The predicted molar refractivity (Wildman–Crippen MR) is 43.4 cm³/mol. The van der Waals surface area contributed by atoms with Crippen molar-refractivity contribution in [1.82, 2.24) is 0 Å². The van der Waals surface area contributed by atoms with Crippen molar-refractivity contribution in [3.8, 4) is 0 Å². The van der Waals surface area contributed by atoms with Crippen LogP contribution in [-0.2, 0) is 9.53 Å². The third-order valence-electron chi connectivity index (χ3n) is 1.29. The molecule has 0 bridgehead atoms. The van der Waals surface area contributed by atoms with Gasteiger partial charge in [0.05, 0.1) is 13.5 Å². The molecular weight excluding hydrogens is 147 g/mol. The number of ether oxygens (including phenoxy) is 1. The molecule has 0 aromatic carbocycles. The van der Waals surface area contributed by atoms with Crippen molar-refractivity contribution in [3.63, 3.8) is 0 Å². The Hall–Kier alpha value is -0.115. The summed E-state index contributed by atoms with van der Waals surface area (Å²) < 4.78 is 4.49. The fourth-order valence-electron chi connectivity index (χ4n) is 0.587. The Balaban J connectivity index is 1.88. The van der Waals surface area contributed by atoms with Gasteiger partial charge in [0.15, 0.2) is 0 Å². The summed E-state index contributed by atoms with van der Waals surface area (Å²) in [5.74, 6) is 0.793. The Morgan fingerprint density at radius 1 is 1.90 bits per heavy atom. The number of rotatable bonds is 4. The quantitative estimate of drug-likeness (QED) is 0.444. The standard InChI is InChI=1S/C6H10BO2S/c1-9-6(8)2-3-10-5-4-7-5/h5H,2-4H2,1H3. The fourth-order valence-corrected chi connectivity index (χ4v) is 1.56. The van der Waals surface area contributed by atoms with E-state index in [-0.39, 0.29) is 5.97 Å². The first-order valence-corrected chi connectivity index (χ1v) is 4.39. The number of hydrogen-bond acceptors (Lipinski definition) is 3. The van der Waals surface area contributed by atoms with Crippen LogP contribution in [-0.4, -0.2) is 31.3 Å². The number of thioether (sulfide) groups is 1. The van der Waals surface area contributed by atoms with Crippen molar-refractivity contribution in [1.29, 1.82) is 0 Å². The Kier molecular flexibility index (Phi) is 3.12. The summed E-state index contributed by atoms with van der Waals surface area (Å²) in [6, 6.07) is 0. The van der Waals surface area contributed by atoms with Gasteiger partial charge in [-0.2, -0.15) is 11.8 Å². The zero-order valence-electron chi connectivity index (χ0n) is 6.00. The van der Waals surface area contributed by atoms with Crippen molar-refractivity contribution >= 4 is 25.0 Å². The number of carbonyl (C=O) groups is 1. The lowest BCUT2D eigenvalue weighted by atomic mass is 10.1. The normalized spacial score (nSPS) is 21.5. The maximum Gasteiger partial charge on any atom is 0.306 e. The summed E-state index contributed by atoms with van der Waals surface area (Å²) in [4.78, 5) is 10.6. The molecule has 1 atom stereocenters. The van der Waals surface area contributed by atoms with Crippen LogP contribution >= 0.6 is 11.8 Å². The zero-order chi connectivity index (χ0) is 7.40. The molecule has 10 heavy (non-hydrogen) atoms. The first-order valence-electron chi connectivity index (χ1n) is 3.34. The molecule has 1 fully saturated rings. The molecule has 1 radical (unpaired) electrons. The summed E-state index contributed by atoms with van der Waals surface area (Å²) in [5, 5.41) is 0.727. The summed E-state index contributed by atoms with van der Waals surface area (Å²) in [6.45, 7) is 0. The monoisotopic (exact) mass is 157 g/mol. The topological polar surface area (TPSA) is 26.3 Å². The minimum atomic E-state index is -0.104. The average Bonchev–Trinajstić information content (AvgIpc) is 2.71. The van der Waals surface area contributed by atoms with Gasteiger partial charge in [0.25, 0.3) is 0 Å². The molecule has 0 amide bonds. The van der Waals surface area contributed by atoms with Crippen LogP contribution in [0.3, 0.4) is 0 Å². The number of carbonyl (C=O) groups excluding carboxylic acids is 1. The molecule has 0 N–H and O–H groups in total. The first kappa shape index (κ1) is 7.99. The lowest BCUT2D eigenvalue weighted by molar-refractivity contribution is -0.140. The van der Waals surface area contributed by atoms with Gasteiger partial charge in [0, 0.05) is 5.75 Å². The largest absolute Gasteiger partial charge is 0.469 e. The second kappa shape index (κ2) is 3.91. The smallest absolute Gasteiger partial charge is 0.306 e. The third kappa shape index (κ3) is 3.15. The van der Waals surface area contributed by atoms with Crippen molar-refractivity contribution < 1.29 is 9.53 Å². The Morgan fingerprint density at radius 2 is 2.60 bits per heavy atom. The van der Waals surface area contributed by atoms with E-state index >= 15 is 0 Å². The lowest BCUT2D eigenvalue weighted by Crippen LogP contribution is -2.01. The number of hydrogen-bond donors (Lipinski definition) is 0. The molecule has 4 heteroatoms. The Labute approximate surface area is 65.9 Å². The highest BCUT2D eigenvalue weighted by Crippen LogP contribution is 2.26. The Bertz CT molecular complexity index is 125. The van der Waals surface area contributed by atoms with Gasteiger partial charge in [-0.25, -0.2) is 0 Å². The van der Waals surface area contributed by atoms with E-state index in [1.807, 2.05) is 11.8 Å². The van der Waals surface area contributed by atoms with Gasteiger partial charge in [-0.1, -0.05) is 6.32 Å². The highest BCUT2D eigenvalue weighted by atomic mass is 32.2. The average molecular weight is 157 g/mol. The minimum Gasteiger partial charge on any atom is -0.469 e. The molecule has 1 rings (SSSR count). The van der Waals surface area contributed by atoms with Crippen LogP contribution in [0.5, 0.6) is 0 Å². The van der Waals surface area contributed by atoms with E-state index in [2.05, 4.69) is 12.0 Å². The molecule has 0 spiro atoms. The van der Waals surface area contributed by atoms with E-state index in [4.69, 9.17) is 0 Å². The lowest BCUT2D eigenvalue weighted by Gasteiger charge is -1.97. The molecule has 1 unspecified atom stereocenters. The molecule has 1 saturated heterocycles. The van der Waals surface area contributed by atoms with E-state index in [1.54, 1.807) is 0 Å². The van der Waals surface area contributed by atoms with Crippen LogP contribution in [0.4, 0.5) is 0 Å².